The van der Waals surface area contributed by atoms with Crippen LogP contribution in [0.1, 0.15) is 52.7 Å². The zero-order valence-corrected chi connectivity index (χ0v) is 13.6. The van der Waals surface area contributed by atoms with Gasteiger partial charge in [-0.3, -0.25) is 4.79 Å². The number of nitrogens with one attached hydrogen (secondary N) is 1. The number of anilines is 1. The van der Waals surface area contributed by atoms with Gasteiger partial charge in [-0.25, -0.2) is 4.98 Å². The molecule has 1 N–H and O–H groups in total. The summed E-state index contributed by atoms with van der Waals surface area (Å²) in [6.45, 7) is 9.16. The number of ether oxygens (including phenoxy) is 1. The van der Waals surface area contributed by atoms with E-state index in [1.54, 1.807) is 11.3 Å². The first-order chi connectivity index (χ1) is 9.43. The second-order valence-corrected chi connectivity index (χ2v) is 6.95. The minimum absolute atomic E-state index is 0.218. The summed E-state index contributed by atoms with van der Waals surface area (Å²) in [5, 5.41) is 6.27. The SMILES string of the molecule is CCOC(=O)C(C)(C)c1csc(NCC2(CC)CC2)n1. The maximum absolute atomic E-state index is 12.0. The van der Waals surface area contributed by atoms with Gasteiger partial charge in [0.25, 0.3) is 0 Å². The Morgan fingerprint density at radius 2 is 2.20 bits per heavy atom. The van der Waals surface area contributed by atoms with Crippen LogP contribution in [0.2, 0.25) is 0 Å². The van der Waals surface area contributed by atoms with Gasteiger partial charge in [0, 0.05) is 11.9 Å². The Labute approximate surface area is 124 Å². The Balaban J connectivity index is 1.99. The van der Waals surface area contributed by atoms with Crippen molar-refractivity contribution in [1.82, 2.24) is 4.98 Å². The zero-order valence-electron chi connectivity index (χ0n) is 12.8. The van der Waals surface area contributed by atoms with E-state index in [0.29, 0.717) is 12.0 Å². The Morgan fingerprint density at radius 3 is 2.75 bits per heavy atom. The van der Waals surface area contributed by atoms with E-state index in [4.69, 9.17) is 4.74 Å². The van der Waals surface area contributed by atoms with E-state index < -0.39 is 5.41 Å². The molecule has 0 bridgehead atoms. The molecule has 0 atom stereocenters. The van der Waals surface area contributed by atoms with Gasteiger partial charge in [0.2, 0.25) is 0 Å². The number of rotatable bonds is 7. The predicted molar refractivity (Wildman–Crippen MR) is 82.2 cm³/mol. The fourth-order valence-corrected chi connectivity index (χ4v) is 3.03. The highest BCUT2D eigenvalue weighted by Crippen LogP contribution is 2.48. The van der Waals surface area contributed by atoms with Crippen molar-refractivity contribution in [3.05, 3.63) is 11.1 Å². The van der Waals surface area contributed by atoms with Gasteiger partial charge in [-0.05, 0) is 45.4 Å². The fraction of sp³-hybridized carbons (Fsp3) is 0.733. The highest BCUT2D eigenvalue weighted by Gasteiger charge is 2.40. The van der Waals surface area contributed by atoms with Crippen LogP contribution in [-0.2, 0) is 14.9 Å². The molecule has 0 amide bonds. The molecule has 1 aliphatic rings. The van der Waals surface area contributed by atoms with Crippen LogP contribution >= 0.6 is 11.3 Å². The molecule has 1 heterocycles. The molecule has 0 unspecified atom stereocenters. The molecule has 0 spiro atoms. The summed E-state index contributed by atoms with van der Waals surface area (Å²) in [5.41, 5.74) is 0.585. The minimum atomic E-state index is -0.686. The normalized spacial score (nSPS) is 16.8. The fourth-order valence-electron chi connectivity index (χ4n) is 2.15. The lowest BCUT2D eigenvalue weighted by Gasteiger charge is -2.19. The van der Waals surface area contributed by atoms with Crippen molar-refractivity contribution in [2.24, 2.45) is 5.41 Å². The van der Waals surface area contributed by atoms with Crippen LogP contribution in [0.3, 0.4) is 0 Å². The summed E-state index contributed by atoms with van der Waals surface area (Å²) >= 11 is 1.56. The number of aromatic nitrogens is 1. The number of carbonyl (C=O) groups is 1. The van der Waals surface area contributed by atoms with E-state index in [1.807, 2.05) is 26.2 Å². The molecule has 2 rings (SSSR count). The number of hydrogen-bond donors (Lipinski definition) is 1. The molecule has 1 aromatic rings. The summed E-state index contributed by atoms with van der Waals surface area (Å²) < 4.78 is 5.12. The summed E-state index contributed by atoms with van der Waals surface area (Å²) in [5.74, 6) is -0.218. The Kier molecular flexibility index (Phi) is 4.37. The molecule has 0 saturated heterocycles. The lowest BCUT2D eigenvalue weighted by atomic mass is 9.90. The predicted octanol–water partition coefficient (Wildman–Crippen LogP) is 3.59. The first kappa shape index (κ1) is 15.3. The lowest BCUT2D eigenvalue weighted by molar-refractivity contribution is -0.148. The topological polar surface area (TPSA) is 51.2 Å². The van der Waals surface area contributed by atoms with Crippen molar-refractivity contribution in [2.75, 3.05) is 18.5 Å². The molecule has 5 heteroatoms. The van der Waals surface area contributed by atoms with Crippen LogP contribution in [0.5, 0.6) is 0 Å². The van der Waals surface area contributed by atoms with Gasteiger partial charge in [0.1, 0.15) is 5.41 Å². The number of hydrogen-bond acceptors (Lipinski definition) is 5. The molecular formula is C15H24N2O2S. The standard InChI is InChI=1S/C15H24N2O2S/c1-5-15(7-8-15)10-16-13-17-11(9-20-13)14(3,4)12(18)19-6-2/h9H,5-8,10H2,1-4H3,(H,16,17). The molecule has 1 saturated carbocycles. The molecule has 1 aliphatic carbocycles. The van der Waals surface area contributed by atoms with Gasteiger partial charge < -0.3 is 10.1 Å². The number of thiazole rings is 1. The number of nitrogens with zero attached hydrogens (tertiary/aromatic N) is 1. The largest absolute Gasteiger partial charge is 0.465 e. The third-order valence-electron chi connectivity index (χ3n) is 4.25. The highest BCUT2D eigenvalue weighted by atomic mass is 32.1. The zero-order chi connectivity index (χ0) is 14.8. The second-order valence-electron chi connectivity index (χ2n) is 6.09. The molecule has 0 aromatic carbocycles. The van der Waals surface area contributed by atoms with E-state index in [-0.39, 0.29) is 5.97 Å². The first-order valence-electron chi connectivity index (χ1n) is 7.30. The highest BCUT2D eigenvalue weighted by molar-refractivity contribution is 7.13. The van der Waals surface area contributed by atoms with Crippen molar-refractivity contribution in [3.8, 4) is 0 Å². The van der Waals surface area contributed by atoms with E-state index in [0.717, 1.165) is 17.4 Å². The van der Waals surface area contributed by atoms with Crippen LogP contribution in [0.4, 0.5) is 5.13 Å². The third kappa shape index (κ3) is 3.14. The quantitative estimate of drug-likeness (QED) is 0.781. The van der Waals surface area contributed by atoms with Gasteiger partial charge in [-0.2, -0.15) is 0 Å². The van der Waals surface area contributed by atoms with Crippen LogP contribution in [0, 0.1) is 5.41 Å². The van der Waals surface area contributed by atoms with E-state index >= 15 is 0 Å². The van der Waals surface area contributed by atoms with Gasteiger partial charge >= 0.3 is 5.97 Å². The molecular weight excluding hydrogens is 272 g/mol. The maximum atomic E-state index is 12.0. The monoisotopic (exact) mass is 296 g/mol. The third-order valence-corrected chi connectivity index (χ3v) is 5.05. The number of esters is 1. The first-order valence-corrected chi connectivity index (χ1v) is 8.18. The van der Waals surface area contributed by atoms with Crippen LogP contribution < -0.4 is 5.32 Å². The van der Waals surface area contributed by atoms with E-state index in [9.17, 15) is 4.79 Å². The Morgan fingerprint density at radius 1 is 1.50 bits per heavy atom. The van der Waals surface area contributed by atoms with E-state index in [2.05, 4.69) is 17.2 Å². The number of carbonyl (C=O) groups excluding carboxylic acids is 1. The average molecular weight is 296 g/mol. The van der Waals surface area contributed by atoms with Crippen molar-refractivity contribution in [1.29, 1.82) is 0 Å². The average Bonchev–Trinajstić information content (AvgIpc) is 3.05. The minimum Gasteiger partial charge on any atom is -0.465 e. The molecule has 1 fully saturated rings. The Hall–Kier alpha value is -1.10. The van der Waals surface area contributed by atoms with Crippen molar-refractivity contribution in [2.45, 2.75) is 52.4 Å². The molecule has 20 heavy (non-hydrogen) atoms. The van der Waals surface area contributed by atoms with E-state index in [1.165, 1.54) is 19.3 Å². The van der Waals surface area contributed by atoms with Gasteiger partial charge in [-0.1, -0.05) is 6.92 Å². The van der Waals surface area contributed by atoms with Crippen molar-refractivity contribution >= 4 is 22.4 Å². The second kappa shape index (κ2) is 5.72. The lowest BCUT2D eigenvalue weighted by Crippen LogP contribution is -2.31. The van der Waals surface area contributed by atoms with Crippen LogP contribution in [0.15, 0.2) is 5.38 Å². The molecule has 1 aromatic heterocycles. The summed E-state index contributed by atoms with van der Waals surface area (Å²) in [4.78, 5) is 16.5. The summed E-state index contributed by atoms with van der Waals surface area (Å²) in [6.07, 6.45) is 3.83. The molecule has 0 aliphatic heterocycles. The van der Waals surface area contributed by atoms with Crippen LogP contribution in [-0.4, -0.2) is 24.1 Å². The Bertz CT molecular complexity index is 478. The van der Waals surface area contributed by atoms with Crippen molar-refractivity contribution < 1.29 is 9.53 Å². The van der Waals surface area contributed by atoms with Gasteiger partial charge in [0.15, 0.2) is 5.13 Å². The summed E-state index contributed by atoms with van der Waals surface area (Å²) in [6, 6.07) is 0. The van der Waals surface area contributed by atoms with Gasteiger partial charge in [-0.15, -0.1) is 11.3 Å². The van der Waals surface area contributed by atoms with Gasteiger partial charge in [0.05, 0.1) is 12.3 Å². The maximum Gasteiger partial charge on any atom is 0.317 e. The molecule has 4 nitrogen and oxygen atoms in total. The van der Waals surface area contributed by atoms with Crippen LogP contribution in [0.25, 0.3) is 0 Å². The smallest absolute Gasteiger partial charge is 0.317 e. The van der Waals surface area contributed by atoms with Crippen molar-refractivity contribution in [3.63, 3.8) is 0 Å². The molecule has 112 valence electrons. The molecule has 0 radical (unpaired) electrons. The summed E-state index contributed by atoms with van der Waals surface area (Å²) in [7, 11) is 0.